The quantitative estimate of drug-likeness (QED) is 0.894. The summed E-state index contributed by atoms with van der Waals surface area (Å²) in [6.07, 6.45) is 0.267. The van der Waals surface area contributed by atoms with E-state index in [9.17, 15) is 5.11 Å². The normalized spacial score (nSPS) is 22.6. The molecule has 3 aliphatic rings. The Morgan fingerprint density at radius 1 is 1.12 bits per heavy atom. The molecule has 6 heteroatoms. The molecule has 2 heterocycles. The second kappa shape index (κ2) is 5.53. The van der Waals surface area contributed by atoms with Crippen LogP contribution in [-0.4, -0.2) is 44.6 Å². The zero-order valence-corrected chi connectivity index (χ0v) is 15.0. The van der Waals surface area contributed by atoms with Crippen LogP contribution in [-0.2, 0) is 6.42 Å². The number of hydrogen-bond donors (Lipinski definition) is 1. The summed E-state index contributed by atoms with van der Waals surface area (Å²) in [5, 5.41) is 11.2. The SMILES string of the molecule is COc1cc2c(cc1OC)[C@@H](O)[C@@H]1c3c(cc4c(c3-2)OCO4)CCN1C. The molecule has 5 rings (SSSR count). The van der Waals surface area contributed by atoms with E-state index in [0.717, 1.165) is 46.7 Å². The molecule has 2 aliphatic heterocycles. The third-order valence-electron chi connectivity index (χ3n) is 5.74. The van der Waals surface area contributed by atoms with Crippen molar-refractivity contribution in [3.05, 3.63) is 34.9 Å². The number of hydrogen-bond acceptors (Lipinski definition) is 6. The molecule has 6 nitrogen and oxygen atoms in total. The van der Waals surface area contributed by atoms with Gasteiger partial charge in [-0.1, -0.05) is 0 Å². The van der Waals surface area contributed by atoms with Gasteiger partial charge in [0.25, 0.3) is 0 Å². The molecule has 0 radical (unpaired) electrons. The smallest absolute Gasteiger partial charge is 0.231 e. The largest absolute Gasteiger partial charge is 0.493 e. The standard InChI is InChI=1S/C20H21NO5/c1-21-5-4-10-6-15-20(26-9-25-15)17-11-7-13(23-2)14(24-3)8-12(11)19(22)18(21)16(10)17/h6-8,18-19,22H,4-5,9H2,1-3H3/t18-,19+/m0/s1. The summed E-state index contributed by atoms with van der Waals surface area (Å²) in [7, 11) is 5.27. The average Bonchev–Trinajstić information content (AvgIpc) is 3.12. The van der Waals surface area contributed by atoms with E-state index in [-0.39, 0.29) is 12.8 Å². The first-order valence-electron chi connectivity index (χ1n) is 8.74. The van der Waals surface area contributed by atoms with Crippen LogP contribution in [0.3, 0.4) is 0 Å². The number of ether oxygens (including phenoxy) is 4. The fourth-order valence-corrected chi connectivity index (χ4v) is 4.50. The van der Waals surface area contributed by atoms with Crippen molar-refractivity contribution in [3.8, 4) is 34.1 Å². The molecule has 0 aromatic heterocycles. The van der Waals surface area contributed by atoms with Gasteiger partial charge in [0.15, 0.2) is 23.0 Å². The van der Waals surface area contributed by atoms with Crippen LogP contribution < -0.4 is 18.9 Å². The van der Waals surface area contributed by atoms with Gasteiger partial charge < -0.3 is 24.1 Å². The third kappa shape index (κ3) is 1.94. The molecular formula is C20H21NO5. The van der Waals surface area contributed by atoms with Crippen molar-refractivity contribution in [2.45, 2.75) is 18.6 Å². The Bertz CT molecular complexity index is 910. The Morgan fingerprint density at radius 2 is 1.88 bits per heavy atom. The minimum absolute atomic E-state index is 0.117. The first-order chi connectivity index (χ1) is 12.6. The Morgan fingerprint density at radius 3 is 2.65 bits per heavy atom. The number of fused-ring (bicyclic) bond motifs is 4. The van der Waals surface area contributed by atoms with Crippen molar-refractivity contribution in [1.29, 1.82) is 0 Å². The van der Waals surface area contributed by atoms with Gasteiger partial charge in [-0.15, -0.1) is 0 Å². The van der Waals surface area contributed by atoms with Crippen molar-refractivity contribution in [2.24, 2.45) is 0 Å². The number of likely N-dealkylation sites (N-methyl/N-ethyl adjacent to an activating group) is 1. The molecule has 0 unspecified atom stereocenters. The molecular weight excluding hydrogens is 334 g/mol. The minimum atomic E-state index is -0.651. The molecule has 0 spiro atoms. The zero-order valence-electron chi connectivity index (χ0n) is 15.0. The van der Waals surface area contributed by atoms with E-state index in [0.29, 0.717) is 11.5 Å². The molecule has 0 amide bonds. The van der Waals surface area contributed by atoms with Gasteiger partial charge in [-0.2, -0.15) is 0 Å². The Labute approximate surface area is 151 Å². The predicted molar refractivity (Wildman–Crippen MR) is 95.1 cm³/mol. The van der Waals surface area contributed by atoms with E-state index < -0.39 is 6.10 Å². The van der Waals surface area contributed by atoms with Crippen molar-refractivity contribution in [3.63, 3.8) is 0 Å². The third-order valence-corrected chi connectivity index (χ3v) is 5.74. The Hall–Kier alpha value is -2.44. The van der Waals surface area contributed by atoms with Crippen molar-refractivity contribution in [2.75, 3.05) is 34.6 Å². The maximum absolute atomic E-state index is 11.2. The summed E-state index contributed by atoms with van der Waals surface area (Å²) < 4.78 is 22.5. The van der Waals surface area contributed by atoms with Gasteiger partial charge in [-0.3, -0.25) is 4.90 Å². The average molecular weight is 355 g/mol. The van der Waals surface area contributed by atoms with Gasteiger partial charge in [-0.25, -0.2) is 0 Å². The highest BCUT2D eigenvalue weighted by atomic mass is 16.7. The number of aliphatic hydroxyl groups excluding tert-OH is 1. The summed E-state index contributed by atoms with van der Waals surface area (Å²) in [6, 6.07) is 5.76. The fraction of sp³-hybridized carbons (Fsp3) is 0.400. The van der Waals surface area contributed by atoms with Gasteiger partial charge in [-0.05, 0) is 53.9 Å². The van der Waals surface area contributed by atoms with Gasteiger partial charge in [0.1, 0.15) is 0 Å². The van der Waals surface area contributed by atoms with Crippen LogP contribution >= 0.6 is 0 Å². The second-order valence-electron chi connectivity index (χ2n) is 6.97. The summed E-state index contributed by atoms with van der Waals surface area (Å²) in [5.74, 6) is 2.77. The summed E-state index contributed by atoms with van der Waals surface area (Å²) >= 11 is 0. The van der Waals surface area contributed by atoms with Gasteiger partial charge in [0, 0.05) is 12.1 Å². The van der Waals surface area contributed by atoms with E-state index in [4.69, 9.17) is 18.9 Å². The maximum Gasteiger partial charge on any atom is 0.231 e. The number of methoxy groups -OCH3 is 2. The number of benzene rings is 2. The van der Waals surface area contributed by atoms with Crippen LogP contribution in [0, 0.1) is 0 Å². The topological polar surface area (TPSA) is 60.4 Å². The van der Waals surface area contributed by atoms with E-state index >= 15 is 0 Å². The zero-order chi connectivity index (χ0) is 18.0. The molecule has 1 N–H and O–H groups in total. The first kappa shape index (κ1) is 15.8. The number of nitrogens with zero attached hydrogens (tertiary/aromatic N) is 1. The molecule has 2 atom stereocenters. The first-order valence-corrected chi connectivity index (χ1v) is 8.74. The lowest BCUT2D eigenvalue weighted by molar-refractivity contribution is 0.0541. The maximum atomic E-state index is 11.2. The Kier molecular flexibility index (Phi) is 3.36. The summed E-state index contributed by atoms with van der Waals surface area (Å²) in [6.45, 7) is 1.10. The van der Waals surface area contributed by atoms with E-state index in [1.54, 1.807) is 14.2 Å². The van der Waals surface area contributed by atoms with E-state index in [1.807, 2.05) is 12.1 Å². The lowest BCUT2D eigenvalue weighted by atomic mass is 9.75. The molecule has 136 valence electrons. The molecule has 26 heavy (non-hydrogen) atoms. The summed E-state index contributed by atoms with van der Waals surface area (Å²) in [5.41, 5.74) is 5.10. The molecule has 0 saturated carbocycles. The predicted octanol–water partition coefficient (Wildman–Crippen LogP) is 2.68. The van der Waals surface area contributed by atoms with Crippen LogP contribution in [0.2, 0.25) is 0 Å². The van der Waals surface area contributed by atoms with Crippen molar-refractivity contribution < 1.29 is 24.1 Å². The van der Waals surface area contributed by atoms with Crippen LogP contribution in [0.4, 0.5) is 0 Å². The highest BCUT2D eigenvalue weighted by molar-refractivity contribution is 5.85. The Balaban J connectivity index is 1.87. The van der Waals surface area contributed by atoms with E-state index in [1.165, 1.54) is 5.56 Å². The summed E-state index contributed by atoms with van der Waals surface area (Å²) in [4.78, 5) is 2.21. The van der Waals surface area contributed by atoms with Crippen molar-refractivity contribution in [1.82, 2.24) is 4.90 Å². The highest BCUT2D eigenvalue weighted by Gasteiger charge is 2.42. The number of aliphatic hydroxyl groups is 1. The van der Waals surface area contributed by atoms with Crippen LogP contribution in [0.5, 0.6) is 23.0 Å². The van der Waals surface area contributed by atoms with E-state index in [2.05, 4.69) is 18.0 Å². The second-order valence-corrected chi connectivity index (χ2v) is 6.97. The highest BCUT2D eigenvalue weighted by Crippen LogP contribution is 2.57. The minimum Gasteiger partial charge on any atom is -0.493 e. The lowest BCUT2D eigenvalue weighted by Crippen LogP contribution is -2.38. The van der Waals surface area contributed by atoms with Crippen LogP contribution in [0.25, 0.3) is 11.1 Å². The molecule has 2 aromatic rings. The van der Waals surface area contributed by atoms with Gasteiger partial charge in [0.05, 0.1) is 26.4 Å². The van der Waals surface area contributed by atoms with Gasteiger partial charge >= 0.3 is 0 Å². The molecule has 2 aromatic carbocycles. The molecule has 1 aliphatic carbocycles. The monoisotopic (exact) mass is 355 g/mol. The van der Waals surface area contributed by atoms with Crippen LogP contribution in [0.1, 0.15) is 28.8 Å². The number of rotatable bonds is 2. The van der Waals surface area contributed by atoms with Gasteiger partial charge in [0.2, 0.25) is 6.79 Å². The molecule has 0 fully saturated rings. The molecule has 0 bridgehead atoms. The van der Waals surface area contributed by atoms with Crippen LogP contribution in [0.15, 0.2) is 18.2 Å². The molecule has 0 saturated heterocycles. The lowest BCUT2D eigenvalue weighted by Gasteiger charge is -2.42. The van der Waals surface area contributed by atoms with Crippen molar-refractivity contribution >= 4 is 0 Å². The fourth-order valence-electron chi connectivity index (χ4n) is 4.50.